The van der Waals surface area contributed by atoms with Gasteiger partial charge in [0, 0.05) is 11.8 Å². The summed E-state index contributed by atoms with van der Waals surface area (Å²) in [5.41, 5.74) is 0.949. The predicted octanol–water partition coefficient (Wildman–Crippen LogP) is 2.69. The monoisotopic (exact) mass is 223 g/mol. The van der Waals surface area contributed by atoms with Crippen LogP contribution in [0.3, 0.4) is 0 Å². The van der Waals surface area contributed by atoms with Crippen LogP contribution in [-0.4, -0.2) is 22.2 Å². The summed E-state index contributed by atoms with van der Waals surface area (Å²) >= 11 is 0. The molecule has 4 nitrogen and oxygen atoms in total. The zero-order chi connectivity index (χ0) is 12.3. The van der Waals surface area contributed by atoms with Crippen LogP contribution in [0, 0.1) is 0 Å². The van der Waals surface area contributed by atoms with Crippen molar-refractivity contribution >= 4 is 5.97 Å². The summed E-state index contributed by atoms with van der Waals surface area (Å²) in [7, 11) is 0. The third-order valence-corrected chi connectivity index (χ3v) is 2.02. The first kappa shape index (κ1) is 12.5. The van der Waals surface area contributed by atoms with Crippen LogP contribution < -0.4 is 4.74 Å². The Hall–Kier alpha value is -1.58. The fourth-order valence-electron chi connectivity index (χ4n) is 1.25. The molecule has 0 atom stereocenters. The third kappa shape index (κ3) is 3.22. The van der Waals surface area contributed by atoms with E-state index in [1.807, 2.05) is 27.7 Å². The van der Waals surface area contributed by atoms with Gasteiger partial charge in [0.05, 0.1) is 11.7 Å². The molecule has 0 bridgehead atoms. The van der Waals surface area contributed by atoms with Gasteiger partial charge in [-0.15, -0.1) is 0 Å². The summed E-state index contributed by atoms with van der Waals surface area (Å²) in [4.78, 5) is 15.2. The molecule has 1 heterocycles. The van der Waals surface area contributed by atoms with Gasteiger partial charge < -0.3 is 9.84 Å². The van der Waals surface area contributed by atoms with E-state index in [4.69, 9.17) is 9.84 Å². The van der Waals surface area contributed by atoms with Gasteiger partial charge in [-0.25, -0.2) is 9.78 Å². The van der Waals surface area contributed by atoms with Gasteiger partial charge in [-0.1, -0.05) is 13.8 Å². The van der Waals surface area contributed by atoms with Gasteiger partial charge in [-0.05, 0) is 25.8 Å². The van der Waals surface area contributed by atoms with Crippen molar-refractivity contribution in [3.8, 4) is 5.88 Å². The summed E-state index contributed by atoms with van der Waals surface area (Å²) in [6.07, 6.45) is -0.0171. The molecule has 0 saturated heterocycles. The molecular formula is C12H17NO3. The summed E-state index contributed by atoms with van der Waals surface area (Å²) in [6.45, 7) is 7.69. The lowest BCUT2D eigenvalue weighted by Crippen LogP contribution is -2.10. The maximum Gasteiger partial charge on any atom is 0.335 e. The number of pyridine rings is 1. The van der Waals surface area contributed by atoms with E-state index in [2.05, 4.69) is 4.98 Å². The molecule has 4 heteroatoms. The SMILES string of the molecule is CC(C)Oc1cc(C(=O)O)cc(C(C)C)n1. The Balaban J connectivity index is 3.13. The lowest BCUT2D eigenvalue weighted by atomic mass is 10.1. The average molecular weight is 223 g/mol. The van der Waals surface area contributed by atoms with E-state index in [1.165, 1.54) is 6.07 Å². The second kappa shape index (κ2) is 4.96. The van der Waals surface area contributed by atoms with Crippen molar-refractivity contribution in [2.75, 3.05) is 0 Å². The van der Waals surface area contributed by atoms with Crippen molar-refractivity contribution in [1.29, 1.82) is 0 Å². The molecule has 16 heavy (non-hydrogen) atoms. The lowest BCUT2D eigenvalue weighted by molar-refractivity contribution is 0.0695. The Morgan fingerprint density at radius 3 is 2.38 bits per heavy atom. The van der Waals surface area contributed by atoms with Crippen LogP contribution in [0.15, 0.2) is 12.1 Å². The van der Waals surface area contributed by atoms with Crippen molar-refractivity contribution in [3.63, 3.8) is 0 Å². The molecule has 0 aliphatic rings. The topological polar surface area (TPSA) is 59.4 Å². The summed E-state index contributed by atoms with van der Waals surface area (Å²) in [6, 6.07) is 3.04. The Kier molecular flexibility index (Phi) is 3.88. The highest BCUT2D eigenvalue weighted by Crippen LogP contribution is 2.19. The second-order valence-electron chi connectivity index (χ2n) is 4.25. The number of hydrogen-bond donors (Lipinski definition) is 1. The van der Waals surface area contributed by atoms with Crippen LogP contribution >= 0.6 is 0 Å². The highest BCUT2D eigenvalue weighted by Gasteiger charge is 2.12. The fourth-order valence-corrected chi connectivity index (χ4v) is 1.25. The molecule has 1 rings (SSSR count). The van der Waals surface area contributed by atoms with E-state index in [-0.39, 0.29) is 17.6 Å². The first-order chi connectivity index (χ1) is 7.40. The molecule has 0 spiro atoms. The largest absolute Gasteiger partial charge is 0.478 e. The highest BCUT2D eigenvalue weighted by atomic mass is 16.5. The van der Waals surface area contributed by atoms with Gasteiger partial charge in [0.1, 0.15) is 0 Å². The molecule has 1 aromatic heterocycles. The number of hydrogen-bond acceptors (Lipinski definition) is 3. The van der Waals surface area contributed by atoms with Gasteiger partial charge in [0.25, 0.3) is 0 Å². The van der Waals surface area contributed by atoms with E-state index in [9.17, 15) is 4.79 Å². The quantitative estimate of drug-likeness (QED) is 0.852. The number of aromatic carboxylic acids is 1. The van der Waals surface area contributed by atoms with E-state index in [0.29, 0.717) is 5.88 Å². The normalized spacial score (nSPS) is 10.9. The van der Waals surface area contributed by atoms with Gasteiger partial charge in [0.2, 0.25) is 5.88 Å². The molecule has 88 valence electrons. The van der Waals surface area contributed by atoms with Crippen molar-refractivity contribution < 1.29 is 14.6 Å². The summed E-state index contributed by atoms with van der Waals surface area (Å²) < 4.78 is 5.42. The molecule has 0 aliphatic heterocycles. The standard InChI is InChI=1S/C12H17NO3/c1-7(2)10-5-9(12(14)15)6-11(13-10)16-8(3)4/h5-8H,1-4H3,(H,14,15). The highest BCUT2D eigenvalue weighted by molar-refractivity contribution is 5.88. The average Bonchev–Trinajstić information content (AvgIpc) is 2.15. The Morgan fingerprint density at radius 2 is 1.94 bits per heavy atom. The molecular weight excluding hydrogens is 206 g/mol. The van der Waals surface area contributed by atoms with Gasteiger partial charge >= 0.3 is 5.97 Å². The summed E-state index contributed by atoms with van der Waals surface area (Å²) in [5, 5.41) is 8.97. The first-order valence-corrected chi connectivity index (χ1v) is 5.32. The summed E-state index contributed by atoms with van der Waals surface area (Å²) in [5.74, 6) is -0.412. The van der Waals surface area contributed by atoms with Crippen LogP contribution in [0.25, 0.3) is 0 Å². The van der Waals surface area contributed by atoms with Crippen LogP contribution in [0.2, 0.25) is 0 Å². The number of rotatable bonds is 4. The first-order valence-electron chi connectivity index (χ1n) is 5.32. The van der Waals surface area contributed by atoms with Crippen molar-refractivity contribution in [2.45, 2.75) is 39.7 Å². The number of ether oxygens (including phenoxy) is 1. The molecule has 1 aromatic rings. The minimum absolute atomic E-state index is 0.0171. The van der Waals surface area contributed by atoms with Gasteiger partial charge in [-0.3, -0.25) is 0 Å². The number of carboxylic acid groups (broad SMARTS) is 1. The number of aromatic nitrogens is 1. The van der Waals surface area contributed by atoms with Gasteiger partial charge in [0.15, 0.2) is 0 Å². The van der Waals surface area contributed by atoms with E-state index >= 15 is 0 Å². The van der Waals surface area contributed by atoms with Crippen molar-refractivity contribution in [3.05, 3.63) is 23.4 Å². The maximum atomic E-state index is 10.9. The van der Waals surface area contributed by atoms with E-state index < -0.39 is 5.97 Å². The zero-order valence-corrected chi connectivity index (χ0v) is 10.0. The predicted molar refractivity (Wildman–Crippen MR) is 61.0 cm³/mol. The fraction of sp³-hybridized carbons (Fsp3) is 0.500. The smallest absolute Gasteiger partial charge is 0.335 e. The molecule has 0 fully saturated rings. The molecule has 0 saturated carbocycles. The van der Waals surface area contributed by atoms with Crippen LogP contribution in [0.1, 0.15) is 49.7 Å². The zero-order valence-electron chi connectivity index (χ0n) is 10.0. The Labute approximate surface area is 95.3 Å². The van der Waals surface area contributed by atoms with Crippen LogP contribution in [0.4, 0.5) is 0 Å². The van der Waals surface area contributed by atoms with E-state index in [0.717, 1.165) is 5.69 Å². The third-order valence-electron chi connectivity index (χ3n) is 2.02. The molecule has 1 N–H and O–H groups in total. The second-order valence-corrected chi connectivity index (χ2v) is 4.25. The maximum absolute atomic E-state index is 10.9. The van der Waals surface area contributed by atoms with Crippen LogP contribution in [-0.2, 0) is 0 Å². The number of carboxylic acids is 1. The minimum atomic E-state index is -0.960. The molecule has 0 radical (unpaired) electrons. The molecule has 0 aromatic carbocycles. The molecule has 0 unspecified atom stereocenters. The van der Waals surface area contributed by atoms with Crippen LogP contribution in [0.5, 0.6) is 5.88 Å². The molecule has 0 amide bonds. The van der Waals surface area contributed by atoms with Crippen molar-refractivity contribution in [1.82, 2.24) is 4.98 Å². The van der Waals surface area contributed by atoms with Crippen molar-refractivity contribution in [2.24, 2.45) is 0 Å². The Bertz CT molecular complexity index is 386. The molecule has 0 aliphatic carbocycles. The number of nitrogens with zero attached hydrogens (tertiary/aromatic N) is 1. The van der Waals surface area contributed by atoms with Gasteiger partial charge in [-0.2, -0.15) is 0 Å². The number of carbonyl (C=O) groups is 1. The minimum Gasteiger partial charge on any atom is -0.478 e. The van der Waals surface area contributed by atoms with E-state index in [1.54, 1.807) is 6.07 Å². The Morgan fingerprint density at radius 1 is 1.31 bits per heavy atom. The lowest BCUT2D eigenvalue weighted by Gasteiger charge is -2.12.